The molecule has 52 heavy (non-hydrogen) atoms. The van der Waals surface area contributed by atoms with E-state index in [0.717, 1.165) is 19.3 Å². The van der Waals surface area contributed by atoms with Crippen LogP contribution >= 0.6 is 0 Å². The van der Waals surface area contributed by atoms with Crippen LogP contribution in [-0.2, 0) is 9.53 Å². The lowest BCUT2D eigenvalue weighted by Gasteiger charge is -2.06. The second-order valence-electron chi connectivity index (χ2n) is 16.5. The van der Waals surface area contributed by atoms with Crippen LogP contribution in [0.25, 0.3) is 0 Å². The molecule has 0 aliphatic rings. The van der Waals surface area contributed by atoms with Gasteiger partial charge in [-0.3, -0.25) is 4.79 Å². The van der Waals surface area contributed by atoms with Gasteiger partial charge in [-0.2, -0.15) is 0 Å². The maximum atomic E-state index is 12.0. The number of rotatable bonds is 46. The van der Waals surface area contributed by atoms with Gasteiger partial charge in [-0.05, 0) is 44.9 Å². The molecule has 0 unspecified atom stereocenters. The fourth-order valence-corrected chi connectivity index (χ4v) is 7.59. The van der Waals surface area contributed by atoms with Gasteiger partial charge < -0.3 is 9.84 Å². The van der Waals surface area contributed by atoms with E-state index >= 15 is 0 Å². The Kier molecular flexibility index (Phi) is 47.4. The summed E-state index contributed by atoms with van der Waals surface area (Å²) in [6.07, 6.45) is 62.1. The number of aliphatic hydroxyl groups is 1. The molecule has 310 valence electrons. The first-order valence-electron chi connectivity index (χ1n) is 24.2. The van der Waals surface area contributed by atoms with Crippen molar-refractivity contribution in [3.05, 3.63) is 12.2 Å². The van der Waals surface area contributed by atoms with Gasteiger partial charge >= 0.3 is 5.97 Å². The number of esters is 1. The molecule has 0 rings (SSSR count). The van der Waals surface area contributed by atoms with Crippen LogP contribution < -0.4 is 0 Å². The lowest BCUT2D eigenvalue weighted by atomic mass is 10.0. The van der Waals surface area contributed by atoms with Gasteiger partial charge in [0, 0.05) is 13.0 Å². The molecule has 0 amide bonds. The maximum Gasteiger partial charge on any atom is 0.305 e. The number of hydrogen-bond donors (Lipinski definition) is 1. The third-order valence-electron chi connectivity index (χ3n) is 11.2. The number of allylic oxidation sites excluding steroid dienone is 2. The first-order valence-corrected chi connectivity index (χ1v) is 24.2. The third kappa shape index (κ3) is 47.2. The number of ether oxygens (including phenoxy) is 1. The van der Waals surface area contributed by atoms with Crippen molar-refractivity contribution in [2.24, 2.45) is 0 Å². The molecule has 3 nitrogen and oxygen atoms in total. The van der Waals surface area contributed by atoms with E-state index in [4.69, 9.17) is 9.84 Å². The molecule has 0 aromatic carbocycles. The molecule has 0 bridgehead atoms. The van der Waals surface area contributed by atoms with Gasteiger partial charge in [-0.25, -0.2) is 0 Å². The monoisotopic (exact) mass is 733 g/mol. The van der Waals surface area contributed by atoms with E-state index in [1.165, 1.54) is 250 Å². The highest BCUT2D eigenvalue weighted by molar-refractivity contribution is 5.69. The number of aliphatic hydroxyl groups excluding tert-OH is 1. The minimum absolute atomic E-state index is 0.0239. The lowest BCUT2D eigenvalue weighted by molar-refractivity contribution is -0.143. The van der Waals surface area contributed by atoms with Crippen molar-refractivity contribution in [2.75, 3.05) is 13.2 Å². The molecule has 1 N–H and O–H groups in total. The molecule has 3 heteroatoms. The van der Waals surface area contributed by atoms with Crippen molar-refractivity contribution in [1.82, 2.24) is 0 Å². The Morgan fingerprint density at radius 3 is 0.962 bits per heavy atom. The Hall–Kier alpha value is -0.830. The predicted octanol–water partition coefficient (Wildman–Crippen LogP) is 16.9. The van der Waals surface area contributed by atoms with Gasteiger partial charge in [0.15, 0.2) is 0 Å². The molecule has 0 saturated heterocycles. The predicted molar refractivity (Wildman–Crippen MR) is 231 cm³/mol. The zero-order chi connectivity index (χ0) is 37.5. The van der Waals surface area contributed by atoms with Crippen LogP contribution in [0, 0.1) is 0 Å². The maximum absolute atomic E-state index is 12.0. The van der Waals surface area contributed by atoms with Crippen LogP contribution in [0.5, 0.6) is 0 Å². The molecular formula is C49H96O3. The summed E-state index contributed by atoms with van der Waals surface area (Å²) in [4.78, 5) is 12.0. The SMILES string of the molecule is CCCCCCC=CCCCCCCCCCCCC(=O)OCCCCCCCCCCCCCCCCCCCCCCCCCCCCCO. The van der Waals surface area contributed by atoms with Crippen LogP contribution in [0.15, 0.2) is 12.2 Å². The summed E-state index contributed by atoms with van der Waals surface area (Å²) in [6, 6.07) is 0. The molecule has 0 saturated carbocycles. The van der Waals surface area contributed by atoms with E-state index in [2.05, 4.69) is 19.1 Å². The fraction of sp³-hybridized carbons (Fsp3) is 0.939. The number of hydrogen-bond acceptors (Lipinski definition) is 3. The second kappa shape index (κ2) is 48.2. The van der Waals surface area contributed by atoms with E-state index in [9.17, 15) is 4.79 Å². The van der Waals surface area contributed by atoms with Gasteiger partial charge in [0.05, 0.1) is 6.61 Å². The number of carbonyl (C=O) groups is 1. The average molecular weight is 733 g/mol. The van der Waals surface area contributed by atoms with Crippen molar-refractivity contribution in [1.29, 1.82) is 0 Å². The van der Waals surface area contributed by atoms with Crippen LogP contribution in [-0.4, -0.2) is 24.3 Å². The van der Waals surface area contributed by atoms with Gasteiger partial charge in [0.25, 0.3) is 0 Å². The quantitative estimate of drug-likeness (QED) is 0.0385. The summed E-state index contributed by atoms with van der Waals surface area (Å²) in [5.74, 6) is 0.0239. The Morgan fingerprint density at radius 2 is 0.635 bits per heavy atom. The smallest absolute Gasteiger partial charge is 0.305 e. The zero-order valence-electron chi connectivity index (χ0n) is 35.7. The van der Waals surface area contributed by atoms with Gasteiger partial charge in [0.1, 0.15) is 0 Å². The van der Waals surface area contributed by atoms with Gasteiger partial charge in [-0.15, -0.1) is 0 Å². The summed E-state index contributed by atoms with van der Waals surface area (Å²) in [5.41, 5.74) is 0. The molecule has 0 atom stereocenters. The van der Waals surface area contributed by atoms with E-state index in [1.54, 1.807) is 0 Å². The first kappa shape index (κ1) is 51.2. The van der Waals surface area contributed by atoms with Gasteiger partial charge in [0.2, 0.25) is 0 Å². The molecular weight excluding hydrogens is 637 g/mol. The molecule has 0 aromatic rings. The summed E-state index contributed by atoms with van der Waals surface area (Å²) in [7, 11) is 0. The summed E-state index contributed by atoms with van der Waals surface area (Å²) in [6.45, 7) is 3.27. The van der Waals surface area contributed by atoms with Crippen molar-refractivity contribution in [2.45, 2.75) is 283 Å². The average Bonchev–Trinajstić information content (AvgIpc) is 3.15. The Bertz CT molecular complexity index is 673. The van der Waals surface area contributed by atoms with Crippen molar-refractivity contribution >= 4 is 5.97 Å². The van der Waals surface area contributed by atoms with E-state index in [0.29, 0.717) is 19.6 Å². The Morgan fingerprint density at radius 1 is 0.365 bits per heavy atom. The molecule has 0 fully saturated rings. The van der Waals surface area contributed by atoms with Crippen molar-refractivity contribution in [3.8, 4) is 0 Å². The summed E-state index contributed by atoms with van der Waals surface area (Å²) in [5, 5.41) is 8.81. The normalized spacial score (nSPS) is 11.7. The summed E-state index contributed by atoms with van der Waals surface area (Å²) < 4.78 is 5.48. The molecule has 0 aromatic heterocycles. The van der Waals surface area contributed by atoms with Crippen molar-refractivity contribution in [3.63, 3.8) is 0 Å². The molecule has 0 radical (unpaired) electrons. The molecule has 0 spiro atoms. The van der Waals surface area contributed by atoms with E-state index in [-0.39, 0.29) is 5.97 Å². The highest BCUT2D eigenvalue weighted by atomic mass is 16.5. The van der Waals surface area contributed by atoms with E-state index < -0.39 is 0 Å². The number of unbranched alkanes of at least 4 members (excludes halogenated alkanes) is 39. The topological polar surface area (TPSA) is 46.5 Å². The highest BCUT2D eigenvalue weighted by Gasteiger charge is 2.03. The van der Waals surface area contributed by atoms with E-state index in [1.807, 2.05) is 0 Å². The first-order chi connectivity index (χ1) is 25.8. The van der Waals surface area contributed by atoms with Crippen LogP contribution in [0.3, 0.4) is 0 Å². The zero-order valence-corrected chi connectivity index (χ0v) is 35.7. The minimum atomic E-state index is 0.0239. The largest absolute Gasteiger partial charge is 0.466 e. The number of carbonyl (C=O) groups excluding carboxylic acids is 1. The second-order valence-corrected chi connectivity index (χ2v) is 16.5. The molecule has 0 heterocycles. The fourth-order valence-electron chi connectivity index (χ4n) is 7.59. The van der Waals surface area contributed by atoms with Crippen LogP contribution in [0.1, 0.15) is 283 Å². The standard InChI is InChI=1S/C49H96O3/c1-2-3-4-5-6-7-8-9-10-22-25-28-31-34-37-40-43-46-49(51)52-48-45-42-39-36-33-30-27-24-21-19-17-15-13-11-12-14-16-18-20-23-26-29-32-35-38-41-44-47-50/h7-8,50H,2-6,9-48H2,1H3. The van der Waals surface area contributed by atoms with Crippen LogP contribution in [0.2, 0.25) is 0 Å². The molecule has 0 aliphatic carbocycles. The highest BCUT2D eigenvalue weighted by Crippen LogP contribution is 2.17. The Labute approximate surface area is 328 Å². The lowest BCUT2D eigenvalue weighted by Crippen LogP contribution is -2.05. The van der Waals surface area contributed by atoms with Crippen molar-refractivity contribution < 1.29 is 14.6 Å². The molecule has 0 aliphatic heterocycles. The third-order valence-corrected chi connectivity index (χ3v) is 11.2. The summed E-state index contributed by atoms with van der Waals surface area (Å²) >= 11 is 0. The van der Waals surface area contributed by atoms with Crippen LogP contribution in [0.4, 0.5) is 0 Å². The minimum Gasteiger partial charge on any atom is -0.466 e. The van der Waals surface area contributed by atoms with Gasteiger partial charge in [-0.1, -0.05) is 244 Å². The Balaban J connectivity index is 3.15.